The Bertz CT molecular complexity index is 315. The van der Waals surface area contributed by atoms with Crippen LogP contribution in [0.5, 0.6) is 0 Å². The van der Waals surface area contributed by atoms with E-state index in [1.165, 1.54) is 24.8 Å². The van der Waals surface area contributed by atoms with Crippen molar-refractivity contribution < 1.29 is 0 Å². The van der Waals surface area contributed by atoms with Gasteiger partial charge in [0.25, 0.3) is 0 Å². The molecule has 1 nitrogen and oxygen atoms in total. The molecule has 1 fully saturated rings. The molecule has 16 heavy (non-hydrogen) atoms. The van der Waals surface area contributed by atoms with Crippen LogP contribution in [-0.2, 0) is 6.42 Å². The standard InChI is InChI=1S/C15H23N/c1-3-16-12-15(2,14-9-10-14)11-13-7-5-4-6-8-13/h4-8,14,16H,3,9-12H2,1-2H3. The largest absolute Gasteiger partial charge is 0.316 e. The Kier molecular flexibility index (Phi) is 3.65. The van der Waals surface area contributed by atoms with Gasteiger partial charge in [0.15, 0.2) is 0 Å². The van der Waals surface area contributed by atoms with Gasteiger partial charge in [-0.3, -0.25) is 0 Å². The second-order valence-electron chi connectivity index (χ2n) is 5.37. The minimum Gasteiger partial charge on any atom is -0.316 e. The molecule has 1 aromatic carbocycles. The number of hydrogen-bond donors (Lipinski definition) is 1. The smallest absolute Gasteiger partial charge is 0.00109 e. The third-order valence-corrected chi connectivity index (χ3v) is 3.79. The fraction of sp³-hybridized carbons (Fsp3) is 0.600. The third-order valence-electron chi connectivity index (χ3n) is 3.79. The van der Waals surface area contributed by atoms with Gasteiger partial charge in [0.05, 0.1) is 0 Å². The van der Waals surface area contributed by atoms with Gasteiger partial charge in [-0.05, 0) is 42.7 Å². The van der Waals surface area contributed by atoms with Crippen LogP contribution in [0.1, 0.15) is 32.3 Å². The van der Waals surface area contributed by atoms with Crippen molar-refractivity contribution >= 4 is 0 Å². The summed E-state index contributed by atoms with van der Waals surface area (Å²) in [4.78, 5) is 0. The van der Waals surface area contributed by atoms with E-state index in [9.17, 15) is 0 Å². The number of rotatable bonds is 6. The molecule has 1 N–H and O–H groups in total. The topological polar surface area (TPSA) is 12.0 Å². The molecule has 0 spiro atoms. The molecule has 1 aromatic rings. The number of benzene rings is 1. The minimum atomic E-state index is 0.456. The highest BCUT2D eigenvalue weighted by Gasteiger charge is 2.40. The Morgan fingerprint density at radius 1 is 1.25 bits per heavy atom. The summed E-state index contributed by atoms with van der Waals surface area (Å²) in [5, 5.41) is 3.53. The third kappa shape index (κ3) is 2.85. The van der Waals surface area contributed by atoms with Crippen LogP contribution in [0.15, 0.2) is 30.3 Å². The highest BCUT2D eigenvalue weighted by atomic mass is 14.9. The summed E-state index contributed by atoms with van der Waals surface area (Å²) in [6.07, 6.45) is 4.06. The van der Waals surface area contributed by atoms with Gasteiger partial charge in [-0.1, -0.05) is 44.2 Å². The van der Waals surface area contributed by atoms with Crippen molar-refractivity contribution in [3.05, 3.63) is 35.9 Å². The molecule has 0 heterocycles. The van der Waals surface area contributed by atoms with Crippen molar-refractivity contribution in [1.29, 1.82) is 0 Å². The Labute approximate surface area is 99.3 Å². The molecule has 1 heteroatoms. The van der Waals surface area contributed by atoms with Crippen molar-refractivity contribution in [2.75, 3.05) is 13.1 Å². The summed E-state index contributed by atoms with van der Waals surface area (Å²) in [6, 6.07) is 10.9. The fourth-order valence-corrected chi connectivity index (χ4v) is 2.60. The molecule has 1 unspecified atom stereocenters. The summed E-state index contributed by atoms with van der Waals surface area (Å²) < 4.78 is 0. The maximum Gasteiger partial charge on any atom is 0.00109 e. The van der Waals surface area contributed by atoms with Gasteiger partial charge in [0.2, 0.25) is 0 Å². The SMILES string of the molecule is CCNCC(C)(Cc1ccccc1)C1CC1. The molecule has 88 valence electrons. The quantitative estimate of drug-likeness (QED) is 0.771. The minimum absolute atomic E-state index is 0.456. The first-order valence-electron chi connectivity index (χ1n) is 6.49. The lowest BCUT2D eigenvalue weighted by Gasteiger charge is -2.30. The van der Waals surface area contributed by atoms with Crippen molar-refractivity contribution in [1.82, 2.24) is 5.32 Å². The molecule has 0 radical (unpaired) electrons. The van der Waals surface area contributed by atoms with Crippen LogP contribution >= 0.6 is 0 Å². The zero-order valence-corrected chi connectivity index (χ0v) is 10.5. The van der Waals surface area contributed by atoms with E-state index in [4.69, 9.17) is 0 Å². The molecular weight excluding hydrogens is 194 g/mol. The lowest BCUT2D eigenvalue weighted by Crippen LogP contribution is -2.35. The second-order valence-corrected chi connectivity index (χ2v) is 5.37. The van der Waals surface area contributed by atoms with Crippen molar-refractivity contribution in [3.8, 4) is 0 Å². The summed E-state index contributed by atoms with van der Waals surface area (Å²) in [5.74, 6) is 0.937. The number of nitrogens with one attached hydrogen (secondary N) is 1. The van der Waals surface area contributed by atoms with E-state index < -0.39 is 0 Å². The average molecular weight is 217 g/mol. The zero-order valence-electron chi connectivity index (χ0n) is 10.5. The summed E-state index contributed by atoms with van der Waals surface area (Å²) >= 11 is 0. The summed E-state index contributed by atoms with van der Waals surface area (Å²) in [6.45, 7) is 6.87. The van der Waals surface area contributed by atoms with E-state index in [-0.39, 0.29) is 0 Å². The normalized spacial score (nSPS) is 19.4. The van der Waals surface area contributed by atoms with Gasteiger partial charge in [-0.15, -0.1) is 0 Å². The van der Waals surface area contributed by atoms with E-state index in [0.29, 0.717) is 5.41 Å². The van der Waals surface area contributed by atoms with Crippen LogP contribution in [0, 0.1) is 11.3 Å². The molecule has 1 aliphatic carbocycles. The molecular formula is C15H23N. The van der Waals surface area contributed by atoms with E-state index >= 15 is 0 Å². The first-order valence-corrected chi connectivity index (χ1v) is 6.49. The monoisotopic (exact) mass is 217 g/mol. The maximum atomic E-state index is 3.53. The van der Waals surface area contributed by atoms with Crippen LogP contribution < -0.4 is 5.32 Å². The lowest BCUT2D eigenvalue weighted by atomic mass is 9.79. The second kappa shape index (κ2) is 5.01. The Morgan fingerprint density at radius 2 is 1.94 bits per heavy atom. The average Bonchev–Trinajstić information content (AvgIpc) is 3.12. The Hall–Kier alpha value is -0.820. The predicted molar refractivity (Wildman–Crippen MR) is 69.5 cm³/mol. The van der Waals surface area contributed by atoms with Gasteiger partial charge < -0.3 is 5.32 Å². The highest BCUT2D eigenvalue weighted by Crippen LogP contribution is 2.46. The van der Waals surface area contributed by atoms with Gasteiger partial charge in [-0.25, -0.2) is 0 Å². The zero-order chi connectivity index (χ0) is 11.4. The van der Waals surface area contributed by atoms with Gasteiger partial charge >= 0.3 is 0 Å². The van der Waals surface area contributed by atoms with Crippen LogP contribution in [0.25, 0.3) is 0 Å². The van der Waals surface area contributed by atoms with E-state index in [1.54, 1.807) is 0 Å². The molecule has 1 saturated carbocycles. The first kappa shape index (κ1) is 11.7. The molecule has 1 atom stereocenters. The molecule has 2 rings (SSSR count). The van der Waals surface area contributed by atoms with Gasteiger partial charge in [0, 0.05) is 6.54 Å². The Morgan fingerprint density at radius 3 is 2.50 bits per heavy atom. The summed E-state index contributed by atoms with van der Waals surface area (Å²) in [5.41, 5.74) is 1.94. The van der Waals surface area contributed by atoms with Crippen molar-refractivity contribution in [3.63, 3.8) is 0 Å². The fourth-order valence-electron chi connectivity index (χ4n) is 2.60. The van der Waals surface area contributed by atoms with Gasteiger partial charge in [-0.2, -0.15) is 0 Å². The molecule has 1 aliphatic rings. The van der Waals surface area contributed by atoms with Crippen molar-refractivity contribution in [2.45, 2.75) is 33.1 Å². The van der Waals surface area contributed by atoms with E-state index in [1.807, 2.05) is 0 Å². The lowest BCUT2D eigenvalue weighted by molar-refractivity contribution is 0.258. The van der Waals surface area contributed by atoms with Crippen LogP contribution in [0.4, 0.5) is 0 Å². The van der Waals surface area contributed by atoms with E-state index in [0.717, 1.165) is 19.0 Å². The molecule has 0 amide bonds. The first-order chi connectivity index (χ1) is 7.74. The van der Waals surface area contributed by atoms with Crippen LogP contribution in [0.3, 0.4) is 0 Å². The Balaban J connectivity index is 2.02. The predicted octanol–water partition coefficient (Wildman–Crippen LogP) is 3.25. The van der Waals surface area contributed by atoms with Crippen molar-refractivity contribution in [2.24, 2.45) is 11.3 Å². The highest BCUT2D eigenvalue weighted by molar-refractivity contribution is 5.17. The van der Waals surface area contributed by atoms with E-state index in [2.05, 4.69) is 49.5 Å². The van der Waals surface area contributed by atoms with Crippen LogP contribution in [-0.4, -0.2) is 13.1 Å². The molecule has 0 aliphatic heterocycles. The molecule has 0 bridgehead atoms. The van der Waals surface area contributed by atoms with Gasteiger partial charge in [0.1, 0.15) is 0 Å². The maximum absolute atomic E-state index is 3.53. The molecule has 0 saturated heterocycles. The summed E-state index contributed by atoms with van der Waals surface area (Å²) in [7, 11) is 0. The molecule has 0 aromatic heterocycles. The van der Waals surface area contributed by atoms with Crippen LogP contribution in [0.2, 0.25) is 0 Å². The number of hydrogen-bond acceptors (Lipinski definition) is 1.